The first kappa shape index (κ1) is 15.8. The number of rotatable bonds is 3. The molecule has 0 unspecified atom stereocenters. The Kier molecular flexibility index (Phi) is 4.19. The van der Waals surface area contributed by atoms with Crippen LogP contribution in [0.3, 0.4) is 0 Å². The van der Waals surface area contributed by atoms with E-state index in [1.807, 2.05) is 48.2 Å². The van der Waals surface area contributed by atoms with Gasteiger partial charge in [0.05, 0.1) is 0 Å². The summed E-state index contributed by atoms with van der Waals surface area (Å²) in [5.41, 5.74) is 3.63. The molecule has 6 heteroatoms. The highest BCUT2D eigenvalue weighted by molar-refractivity contribution is 7.14. The Bertz CT molecular complexity index is 921. The van der Waals surface area contributed by atoms with E-state index in [1.54, 1.807) is 5.38 Å². The molecule has 0 bridgehead atoms. The van der Waals surface area contributed by atoms with Crippen LogP contribution in [-0.2, 0) is 6.42 Å². The van der Waals surface area contributed by atoms with Crippen LogP contribution in [0.4, 0.5) is 16.6 Å². The van der Waals surface area contributed by atoms with E-state index in [0.717, 1.165) is 36.6 Å². The van der Waals surface area contributed by atoms with Crippen LogP contribution < -0.4 is 10.2 Å². The monoisotopic (exact) mass is 350 g/mol. The predicted molar refractivity (Wildman–Crippen MR) is 101 cm³/mol. The maximum absolute atomic E-state index is 12.9. The fourth-order valence-electron chi connectivity index (χ4n) is 3.03. The maximum Gasteiger partial charge on any atom is 0.277 e. The topological polar surface area (TPSA) is 58.1 Å². The lowest BCUT2D eigenvalue weighted by molar-refractivity contribution is 0.0981. The molecule has 0 fully saturated rings. The fraction of sp³-hybridized carbons (Fsp3) is 0.211. The molecule has 2 aromatic heterocycles. The van der Waals surface area contributed by atoms with Gasteiger partial charge in [0.25, 0.3) is 5.91 Å². The zero-order chi connectivity index (χ0) is 17.2. The number of fused-ring (bicyclic) bond motifs is 1. The SMILES string of the molecule is Cc1cccc(Nc2nc(C(=O)N3CCCc4ccccc43)cs2)n1. The number of aryl methyl sites for hydroxylation is 2. The molecule has 0 saturated carbocycles. The minimum Gasteiger partial charge on any atom is -0.316 e. The molecule has 0 atom stereocenters. The van der Waals surface area contributed by atoms with E-state index in [0.29, 0.717) is 10.8 Å². The number of amides is 1. The van der Waals surface area contributed by atoms with Crippen LogP contribution in [-0.4, -0.2) is 22.4 Å². The van der Waals surface area contributed by atoms with Crippen molar-refractivity contribution in [2.24, 2.45) is 0 Å². The second kappa shape index (κ2) is 6.64. The van der Waals surface area contributed by atoms with Crippen LogP contribution in [0.5, 0.6) is 0 Å². The predicted octanol–water partition coefficient (Wildman–Crippen LogP) is 4.18. The first-order valence-corrected chi connectivity index (χ1v) is 9.15. The van der Waals surface area contributed by atoms with Gasteiger partial charge in [0, 0.05) is 23.3 Å². The van der Waals surface area contributed by atoms with Gasteiger partial charge in [-0.05, 0) is 43.5 Å². The van der Waals surface area contributed by atoms with Crippen molar-refractivity contribution < 1.29 is 4.79 Å². The third-order valence-corrected chi connectivity index (χ3v) is 4.96. The Morgan fingerprint density at radius 2 is 2.04 bits per heavy atom. The number of nitrogens with zero attached hydrogens (tertiary/aromatic N) is 3. The van der Waals surface area contributed by atoms with Crippen LogP contribution in [0.25, 0.3) is 0 Å². The number of aromatic nitrogens is 2. The summed E-state index contributed by atoms with van der Waals surface area (Å²) in [5, 5.41) is 5.64. The molecule has 0 aliphatic carbocycles. The number of benzene rings is 1. The van der Waals surface area contributed by atoms with Gasteiger partial charge in [-0.1, -0.05) is 24.3 Å². The number of para-hydroxylation sites is 1. The van der Waals surface area contributed by atoms with E-state index in [2.05, 4.69) is 21.4 Å². The molecule has 1 amide bonds. The number of nitrogens with one attached hydrogen (secondary N) is 1. The number of hydrogen-bond acceptors (Lipinski definition) is 5. The van der Waals surface area contributed by atoms with Crippen molar-refractivity contribution in [2.75, 3.05) is 16.8 Å². The number of thiazole rings is 1. The van der Waals surface area contributed by atoms with Crippen LogP contribution in [0.15, 0.2) is 47.8 Å². The summed E-state index contributed by atoms with van der Waals surface area (Å²) in [4.78, 5) is 23.6. The van der Waals surface area contributed by atoms with E-state index < -0.39 is 0 Å². The molecule has 1 aliphatic rings. The molecule has 3 aromatic rings. The minimum atomic E-state index is -0.0475. The molecule has 5 nitrogen and oxygen atoms in total. The minimum absolute atomic E-state index is 0.0475. The third kappa shape index (κ3) is 3.25. The Balaban J connectivity index is 1.55. The van der Waals surface area contributed by atoms with Gasteiger partial charge in [-0.25, -0.2) is 9.97 Å². The average molecular weight is 350 g/mol. The first-order valence-electron chi connectivity index (χ1n) is 8.27. The van der Waals surface area contributed by atoms with Crippen molar-refractivity contribution in [1.29, 1.82) is 0 Å². The Hall–Kier alpha value is -2.73. The number of pyridine rings is 1. The van der Waals surface area contributed by atoms with E-state index >= 15 is 0 Å². The van der Waals surface area contributed by atoms with Crippen molar-refractivity contribution in [3.63, 3.8) is 0 Å². The summed E-state index contributed by atoms with van der Waals surface area (Å²) in [7, 11) is 0. The number of hydrogen-bond donors (Lipinski definition) is 1. The average Bonchev–Trinajstić information content (AvgIpc) is 3.09. The van der Waals surface area contributed by atoms with Crippen molar-refractivity contribution in [3.05, 3.63) is 64.8 Å². The summed E-state index contributed by atoms with van der Waals surface area (Å²) in [6, 6.07) is 13.9. The number of anilines is 3. The van der Waals surface area contributed by atoms with Crippen molar-refractivity contribution in [2.45, 2.75) is 19.8 Å². The summed E-state index contributed by atoms with van der Waals surface area (Å²) in [6.07, 6.45) is 1.99. The molecule has 1 aromatic carbocycles. The van der Waals surface area contributed by atoms with Gasteiger partial charge >= 0.3 is 0 Å². The highest BCUT2D eigenvalue weighted by atomic mass is 32.1. The smallest absolute Gasteiger partial charge is 0.277 e. The largest absolute Gasteiger partial charge is 0.316 e. The lowest BCUT2D eigenvalue weighted by Gasteiger charge is -2.28. The van der Waals surface area contributed by atoms with E-state index in [1.165, 1.54) is 16.9 Å². The van der Waals surface area contributed by atoms with Gasteiger partial charge < -0.3 is 10.2 Å². The first-order chi connectivity index (χ1) is 12.2. The van der Waals surface area contributed by atoms with E-state index in [9.17, 15) is 4.79 Å². The molecule has 25 heavy (non-hydrogen) atoms. The van der Waals surface area contributed by atoms with Gasteiger partial charge in [-0.3, -0.25) is 4.79 Å². The van der Waals surface area contributed by atoms with Gasteiger partial charge in [0.15, 0.2) is 5.13 Å². The molecule has 3 heterocycles. The Morgan fingerprint density at radius 1 is 1.16 bits per heavy atom. The maximum atomic E-state index is 12.9. The van der Waals surface area contributed by atoms with Gasteiger partial charge in [0.2, 0.25) is 0 Å². The molecular formula is C19H18N4OS. The normalized spacial score (nSPS) is 13.4. The van der Waals surface area contributed by atoms with Crippen LogP contribution in [0, 0.1) is 6.92 Å². The van der Waals surface area contributed by atoms with Crippen molar-refractivity contribution in [1.82, 2.24) is 9.97 Å². The summed E-state index contributed by atoms with van der Waals surface area (Å²) >= 11 is 1.41. The van der Waals surface area contributed by atoms with Crippen molar-refractivity contribution >= 4 is 33.9 Å². The summed E-state index contributed by atoms with van der Waals surface area (Å²) in [6.45, 7) is 2.67. The van der Waals surface area contributed by atoms with Gasteiger partial charge in [-0.2, -0.15) is 0 Å². The highest BCUT2D eigenvalue weighted by Crippen LogP contribution is 2.29. The van der Waals surface area contributed by atoms with Crippen molar-refractivity contribution in [3.8, 4) is 0 Å². The third-order valence-electron chi connectivity index (χ3n) is 4.20. The second-order valence-electron chi connectivity index (χ2n) is 6.02. The standard InChI is InChI=1S/C19H18N4OS/c1-13-6-4-10-17(20-13)22-19-21-15(12-25-19)18(24)23-11-5-8-14-7-2-3-9-16(14)23/h2-4,6-7,9-10,12H,5,8,11H2,1H3,(H,20,21,22). The molecule has 126 valence electrons. The number of carbonyl (C=O) groups is 1. The Morgan fingerprint density at radius 3 is 2.92 bits per heavy atom. The van der Waals surface area contributed by atoms with Gasteiger partial charge in [0.1, 0.15) is 11.5 Å². The fourth-order valence-corrected chi connectivity index (χ4v) is 3.73. The molecule has 0 saturated heterocycles. The Labute approximate surface area is 150 Å². The van der Waals surface area contributed by atoms with Gasteiger partial charge in [-0.15, -0.1) is 11.3 Å². The molecule has 0 radical (unpaired) electrons. The second-order valence-corrected chi connectivity index (χ2v) is 6.87. The molecular weight excluding hydrogens is 332 g/mol. The zero-order valence-electron chi connectivity index (χ0n) is 13.9. The lowest BCUT2D eigenvalue weighted by Crippen LogP contribution is -2.35. The quantitative estimate of drug-likeness (QED) is 0.770. The summed E-state index contributed by atoms with van der Waals surface area (Å²) in [5.74, 6) is 0.685. The van der Waals surface area contributed by atoms with Crippen LogP contribution in [0.2, 0.25) is 0 Å². The molecule has 1 aliphatic heterocycles. The zero-order valence-corrected chi connectivity index (χ0v) is 14.7. The molecule has 4 rings (SSSR count). The number of carbonyl (C=O) groups excluding carboxylic acids is 1. The summed E-state index contributed by atoms with van der Waals surface area (Å²) < 4.78 is 0. The van der Waals surface area contributed by atoms with E-state index in [-0.39, 0.29) is 5.91 Å². The lowest BCUT2D eigenvalue weighted by atomic mass is 10.0. The highest BCUT2D eigenvalue weighted by Gasteiger charge is 2.25. The molecule has 1 N–H and O–H groups in total. The van der Waals surface area contributed by atoms with Crippen LogP contribution in [0.1, 0.15) is 28.2 Å². The molecule has 0 spiro atoms. The van der Waals surface area contributed by atoms with E-state index in [4.69, 9.17) is 0 Å². The van der Waals surface area contributed by atoms with Crippen LogP contribution >= 0.6 is 11.3 Å².